The fourth-order valence-electron chi connectivity index (χ4n) is 12.2. The van der Waals surface area contributed by atoms with Crippen LogP contribution in [0, 0.1) is 0 Å². The minimum absolute atomic E-state index is 0.0410. The number of nitrogens with one attached hydrogen (secondary N) is 2. The van der Waals surface area contributed by atoms with Crippen molar-refractivity contribution in [3.63, 3.8) is 0 Å². The summed E-state index contributed by atoms with van der Waals surface area (Å²) < 4.78 is 33.8. The summed E-state index contributed by atoms with van der Waals surface area (Å²) in [7, 11) is 0. The molecule has 586 valence electrons. The second-order valence-corrected chi connectivity index (χ2v) is 29.3. The summed E-state index contributed by atoms with van der Waals surface area (Å²) in [6.45, 7) is 9.07. The maximum atomic E-state index is 14.9. The molecular formula is C72H134N4O24. The lowest BCUT2D eigenvalue weighted by Crippen LogP contribution is -2.61. The first-order chi connectivity index (χ1) is 47.4. The van der Waals surface area contributed by atoms with Gasteiger partial charge < -0.3 is 110 Å². The number of amides is 4. The van der Waals surface area contributed by atoms with Gasteiger partial charge in [0, 0.05) is 25.9 Å². The van der Waals surface area contributed by atoms with Crippen LogP contribution in [0.1, 0.15) is 261 Å². The Labute approximate surface area is 594 Å². The molecule has 0 saturated carbocycles. The molecule has 2 saturated heterocycles. The molecule has 0 aromatic carbocycles. The number of nitrogens with zero attached hydrogens (tertiary/aromatic N) is 2. The van der Waals surface area contributed by atoms with Crippen molar-refractivity contribution in [3.8, 4) is 0 Å². The maximum Gasteiger partial charge on any atom is 0.308 e. The first kappa shape index (κ1) is 92.3. The van der Waals surface area contributed by atoms with Gasteiger partial charge in [0.25, 0.3) is 0 Å². The van der Waals surface area contributed by atoms with Gasteiger partial charge in [0.1, 0.15) is 85.3 Å². The number of hydrogen-bond acceptors (Lipinski definition) is 24. The molecule has 0 spiro atoms. The molecule has 28 nitrogen and oxygen atoms in total. The molecule has 4 unspecified atom stereocenters. The molecule has 0 aromatic heterocycles. The zero-order valence-corrected chi connectivity index (χ0v) is 61.7. The number of carbonyl (C=O) groups is 6. The van der Waals surface area contributed by atoms with Gasteiger partial charge in [-0.2, -0.15) is 0 Å². The molecule has 2 aliphatic heterocycles. The third-order valence-corrected chi connectivity index (χ3v) is 18.1. The van der Waals surface area contributed by atoms with Crippen molar-refractivity contribution in [2.75, 3.05) is 52.6 Å². The summed E-state index contributed by atoms with van der Waals surface area (Å²) in [4.78, 5) is 84.8. The SMILES string of the molecule is CCCCCCCCCCCCCC[C@@H](O)[C@@H](O)[C@H](CO[C@H]1OC(CO)[C@H](O)[C@H](O)C1O)N(CC(=O)NCCC(=O)OC(C)(C)C)C(=O)CCCCC(=O)N(CC(=O)NCCC(=O)OC(C)(C)C)[C@@H](CO[C@H]1OC(CO)[C@H](O)[C@H](O)C1O)[C@H](O)[C@H](O)CCCCCCCCCCCCCC. The van der Waals surface area contributed by atoms with Crippen LogP contribution in [-0.2, 0) is 57.2 Å². The Kier molecular flexibility index (Phi) is 47.4. The predicted octanol–water partition coefficient (Wildman–Crippen LogP) is 3.90. The second kappa shape index (κ2) is 51.4. The third-order valence-electron chi connectivity index (χ3n) is 18.1. The number of unbranched alkanes of at least 4 members (excludes halogenated alkanes) is 23. The first-order valence-electron chi connectivity index (χ1n) is 37.5. The summed E-state index contributed by atoms with van der Waals surface area (Å²) >= 11 is 0. The number of rotatable bonds is 55. The van der Waals surface area contributed by atoms with Crippen LogP contribution in [0.5, 0.6) is 0 Å². The van der Waals surface area contributed by atoms with Gasteiger partial charge in [0.05, 0.1) is 63.6 Å². The summed E-state index contributed by atoms with van der Waals surface area (Å²) in [5, 5.41) is 137. The van der Waals surface area contributed by atoms with Gasteiger partial charge in [-0.3, -0.25) is 28.8 Å². The van der Waals surface area contributed by atoms with E-state index in [4.69, 9.17) is 28.4 Å². The summed E-state index contributed by atoms with van der Waals surface area (Å²) in [5.41, 5.74) is -1.68. The zero-order valence-electron chi connectivity index (χ0n) is 61.7. The van der Waals surface area contributed by atoms with E-state index in [9.17, 15) is 90.0 Å². The van der Waals surface area contributed by atoms with E-state index >= 15 is 0 Å². The van der Waals surface area contributed by atoms with E-state index < -0.39 is 197 Å². The minimum atomic E-state index is -1.93. The van der Waals surface area contributed by atoms with Crippen molar-refractivity contribution in [1.82, 2.24) is 20.4 Å². The topological polar surface area (TPSA) is 431 Å². The van der Waals surface area contributed by atoms with Gasteiger partial charge in [-0.05, 0) is 67.2 Å². The normalized spacial score (nSPS) is 23.0. The minimum Gasteiger partial charge on any atom is -0.460 e. The Hall–Kier alpha value is -3.82. The number of aliphatic hydroxyl groups excluding tert-OH is 12. The van der Waals surface area contributed by atoms with E-state index in [1.165, 1.54) is 64.2 Å². The number of hydrogen-bond donors (Lipinski definition) is 14. The Bertz CT molecular complexity index is 2070. The van der Waals surface area contributed by atoms with Crippen LogP contribution in [0.15, 0.2) is 0 Å². The third kappa shape index (κ3) is 37.7. The Morgan fingerprint density at radius 1 is 0.410 bits per heavy atom. The highest BCUT2D eigenvalue weighted by molar-refractivity contribution is 5.86. The molecule has 2 rings (SSSR count). The number of aliphatic hydroxyl groups is 12. The van der Waals surface area contributed by atoms with Gasteiger partial charge >= 0.3 is 11.9 Å². The van der Waals surface area contributed by atoms with Gasteiger partial charge in [-0.1, -0.05) is 168 Å². The Morgan fingerprint density at radius 3 is 0.980 bits per heavy atom. The monoisotopic (exact) mass is 1440 g/mol. The number of carbonyl (C=O) groups excluding carboxylic acids is 6. The molecule has 2 heterocycles. The number of esters is 2. The molecule has 2 aliphatic rings. The van der Waals surface area contributed by atoms with E-state index in [0.29, 0.717) is 25.7 Å². The molecule has 100 heavy (non-hydrogen) atoms. The highest BCUT2D eigenvalue weighted by Crippen LogP contribution is 2.28. The fourth-order valence-corrected chi connectivity index (χ4v) is 12.2. The maximum absolute atomic E-state index is 14.9. The summed E-state index contributed by atoms with van der Waals surface area (Å²) in [5.74, 6) is -4.60. The second-order valence-electron chi connectivity index (χ2n) is 29.3. The lowest BCUT2D eigenvalue weighted by atomic mass is 9.97. The average Bonchev–Trinajstić information content (AvgIpc) is 0.821. The van der Waals surface area contributed by atoms with Gasteiger partial charge in [0.2, 0.25) is 23.6 Å². The summed E-state index contributed by atoms with van der Waals surface area (Å²) in [6, 6.07) is -3.25. The van der Waals surface area contributed by atoms with E-state index in [2.05, 4.69) is 24.5 Å². The van der Waals surface area contributed by atoms with Gasteiger partial charge in [-0.15, -0.1) is 0 Å². The van der Waals surface area contributed by atoms with Crippen LogP contribution in [0.3, 0.4) is 0 Å². The van der Waals surface area contributed by atoms with Gasteiger partial charge in [-0.25, -0.2) is 0 Å². The van der Waals surface area contributed by atoms with Crippen molar-refractivity contribution in [1.29, 1.82) is 0 Å². The van der Waals surface area contributed by atoms with E-state index in [1.54, 1.807) is 41.5 Å². The molecule has 0 aliphatic carbocycles. The standard InChI is InChI=1S/C72H134N4O24/c1-9-11-13-15-17-19-21-23-25-27-29-31-35-51(79)61(87)49(47-95-69-67(93)65(91)63(89)53(45-77)97-69)75(43-55(81)73-41-39-59(85)99-71(3,4)5)57(83)37-33-34-38-58(84)76(44-56(82)74-42-40-60(86)100-72(6,7)8)50(48-96-70-68(94)66(92)64(90)54(46-78)98-70)62(88)52(80)36-32-30-28-26-24-22-20-18-16-14-12-10-2/h49-54,61-70,77-80,87-94H,9-48H2,1-8H3,(H,73,81)(H,74,82)/t49-,50-,51+,52+,53?,54?,61-,62-,63-,64-,65-,66-,67?,68?,69-,70-/m0/s1. The molecule has 0 bridgehead atoms. The number of ether oxygens (including phenoxy) is 6. The van der Waals surface area contributed by atoms with Crippen LogP contribution in [0.4, 0.5) is 0 Å². The van der Waals surface area contributed by atoms with Crippen molar-refractivity contribution in [3.05, 3.63) is 0 Å². The van der Waals surface area contributed by atoms with Crippen LogP contribution in [0.25, 0.3) is 0 Å². The highest BCUT2D eigenvalue weighted by atomic mass is 16.7. The average molecular weight is 1440 g/mol. The van der Waals surface area contributed by atoms with E-state index in [0.717, 1.165) is 74.0 Å². The lowest BCUT2D eigenvalue weighted by molar-refractivity contribution is -0.304. The smallest absolute Gasteiger partial charge is 0.308 e. The fraction of sp³-hybridized carbons (Fsp3) is 0.917. The molecule has 4 amide bonds. The quantitative estimate of drug-likeness (QED) is 0.0303. The molecule has 0 radical (unpaired) electrons. The van der Waals surface area contributed by atoms with Crippen molar-refractivity contribution < 1.29 is 118 Å². The first-order valence-corrected chi connectivity index (χ1v) is 37.5. The van der Waals surface area contributed by atoms with Crippen LogP contribution < -0.4 is 10.6 Å². The zero-order chi connectivity index (χ0) is 74.8. The van der Waals surface area contributed by atoms with Gasteiger partial charge in [0.15, 0.2) is 12.6 Å². The molecule has 2 fully saturated rings. The Morgan fingerprint density at radius 2 is 0.700 bits per heavy atom. The van der Waals surface area contributed by atoms with E-state index in [1.807, 2.05) is 0 Å². The van der Waals surface area contributed by atoms with Crippen molar-refractivity contribution in [2.24, 2.45) is 0 Å². The van der Waals surface area contributed by atoms with Crippen LogP contribution >= 0.6 is 0 Å². The largest absolute Gasteiger partial charge is 0.460 e. The van der Waals surface area contributed by atoms with E-state index in [-0.39, 0.29) is 51.6 Å². The molecule has 14 N–H and O–H groups in total. The van der Waals surface area contributed by atoms with Crippen molar-refractivity contribution in [2.45, 2.75) is 370 Å². The lowest BCUT2D eigenvalue weighted by Gasteiger charge is -2.41. The molecule has 28 heteroatoms. The molecule has 0 aromatic rings. The highest BCUT2D eigenvalue weighted by Gasteiger charge is 2.47. The summed E-state index contributed by atoms with van der Waals surface area (Å²) in [6.07, 6.45) is -1.31. The van der Waals surface area contributed by atoms with Crippen molar-refractivity contribution >= 4 is 35.6 Å². The predicted molar refractivity (Wildman–Crippen MR) is 371 cm³/mol. The van der Waals surface area contributed by atoms with Crippen LogP contribution in [0.2, 0.25) is 0 Å². The molecular weight excluding hydrogens is 1300 g/mol. The molecule has 16 atom stereocenters. The Balaban J connectivity index is 2.58. The van der Waals surface area contributed by atoms with Crippen LogP contribution in [-0.4, -0.2) is 268 Å².